The van der Waals surface area contributed by atoms with Crippen molar-refractivity contribution < 1.29 is 0 Å². The van der Waals surface area contributed by atoms with Crippen molar-refractivity contribution in [3.8, 4) is 0 Å². The van der Waals surface area contributed by atoms with E-state index in [0.29, 0.717) is 6.04 Å². The second kappa shape index (κ2) is 4.49. The van der Waals surface area contributed by atoms with Gasteiger partial charge in [-0.15, -0.1) is 0 Å². The summed E-state index contributed by atoms with van der Waals surface area (Å²) < 4.78 is 0. The lowest BCUT2D eigenvalue weighted by Gasteiger charge is -2.09. The zero-order valence-electron chi connectivity index (χ0n) is 9.70. The van der Waals surface area contributed by atoms with Crippen LogP contribution in [0.4, 0.5) is 5.69 Å². The van der Waals surface area contributed by atoms with E-state index in [0.717, 1.165) is 28.8 Å². The predicted octanol–water partition coefficient (Wildman–Crippen LogP) is 2.32. The van der Waals surface area contributed by atoms with Crippen molar-refractivity contribution in [2.75, 3.05) is 5.73 Å². The minimum Gasteiger partial charge on any atom is -0.398 e. The van der Waals surface area contributed by atoms with Gasteiger partial charge in [0.1, 0.15) is 0 Å². The third-order valence-electron chi connectivity index (χ3n) is 2.49. The number of nitrogen functional groups attached to an aromatic ring is 1. The first-order valence-electron chi connectivity index (χ1n) is 5.54. The van der Waals surface area contributed by atoms with Crippen molar-refractivity contribution in [3.63, 3.8) is 0 Å². The second-order valence-electron chi connectivity index (χ2n) is 4.26. The van der Waals surface area contributed by atoms with Crippen molar-refractivity contribution in [1.29, 1.82) is 0 Å². The Morgan fingerprint density at radius 2 is 2.06 bits per heavy atom. The van der Waals surface area contributed by atoms with Crippen molar-refractivity contribution in [2.45, 2.75) is 26.4 Å². The topological polar surface area (TPSA) is 50.9 Å². The molecule has 0 saturated heterocycles. The first-order valence-corrected chi connectivity index (χ1v) is 5.54. The normalized spacial score (nSPS) is 11.2. The number of para-hydroxylation sites is 1. The Hall–Kier alpha value is -1.61. The monoisotopic (exact) mass is 215 g/mol. The Morgan fingerprint density at radius 1 is 1.31 bits per heavy atom. The summed E-state index contributed by atoms with van der Waals surface area (Å²) in [5.41, 5.74) is 8.74. The molecule has 1 heterocycles. The molecule has 0 fully saturated rings. The lowest BCUT2D eigenvalue weighted by atomic mass is 10.1. The fraction of sp³-hybridized carbons (Fsp3) is 0.308. The van der Waals surface area contributed by atoms with Gasteiger partial charge in [-0.3, -0.25) is 4.98 Å². The summed E-state index contributed by atoms with van der Waals surface area (Å²) >= 11 is 0. The number of rotatable bonds is 3. The Bertz CT molecular complexity index is 492. The molecule has 0 aliphatic carbocycles. The molecule has 0 saturated carbocycles. The number of nitrogens with one attached hydrogen (secondary N) is 1. The quantitative estimate of drug-likeness (QED) is 0.826. The maximum atomic E-state index is 6.00. The lowest BCUT2D eigenvalue weighted by Crippen LogP contribution is -2.22. The van der Waals surface area contributed by atoms with Crippen LogP contribution in [-0.2, 0) is 6.54 Å². The van der Waals surface area contributed by atoms with Crippen LogP contribution in [0, 0.1) is 0 Å². The number of aromatic nitrogens is 1. The molecule has 0 radical (unpaired) electrons. The average Bonchev–Trinajstić information content (AvgIpc) is 2.26. The van der Waals surface area contributed by atoms with E-state index in [1.54, 1.807) is 0 Å². The molecule has 1 aromatic carbocycles. The molecule has 0 aliphatic rings. The van der Waals surface area contributed by atoms with Gasteiger partial charge in [-0.25, -0.2) is 0 Å². The van der Waals surface area contributed by atoms with E-state index in [4.69, 9.17) is 5.73 Å². The van der Waals surface area contributed by atoms with Crippen LogP contribution in [0.3, 0.4) is 0 Å². The number of benzene rings is 1. The zero-order chi connectivity index (χ0) is 11.5. The molecule has 0 aliphatic heterocycles. The van der Waals surface area contributed by atoms with E-state index >= 15 is 0 Å². The van der Waals surface area contributed by atoms with Crippen LogP contribution in [0.1, 0.15) is 19.5 Å². The average molecular weight is 215 g/mol. The van der Waals surface area contributed by atoms with Gasteiger partial charge < -0.3 is 11.1 Å². The lowest BCUT2D eigenvalue weighted by molar-refractivity contribution is 0.582. The first kappa shape index (κ1) is 10.9. The van der Waals surface area contributed by atoms with Crippen LogP contribution in [0.25, 0.3) is 10.9 Å². The molecule has 0 unspecified atom stereocenters. The Kier molecular flexibility index (Phi) is 3.06. The smallest absolute Gasteiger partial charge is 0.0726 e. The van der Waals surface area contributed by atoms with Gasteiger partial charge in [-0.2, -0.15) is 0 Å². The zero-order valence-corrected chi connectivity index (χ0v) is 9.70. The molecule has 3 N–H and O–H groups in total. The molecule has 84 valence electrons. The highest BCUT2D eigenvalue weighted by Gasteiger charge is 2.03. The molecule has 0 atom stereocenters. The summed E-state index contributed by atoms with van der Waals surface area (Å²) in [7, 11) is 0. The minimum absolute atomic E-state index is 0.453. The summed E-state index contributed by atoms with van der Waals surface area (Å²) in [6.07, 6.45) is 0. The third kappa shape index (κ3) is 2.31. The minimum atomic E-state index is 0.453. The van der Waals surface area contributed by atoms with Crippen LogP contribution in [-0.4, -0.2) is 11.0 Å². The standard InChI is InChI=1S/C13H17N3/c1-9(2)15-8-10-7-12(14)11-5-3-4-6-13(11)16-10/h3-7,9,15H,8H2,1-2H3,(H2,14,16). The van der Waals surface area contributed by atoms with E-state index in [-0.39, 0.29) is 0 Å². The van der Waals surface area contributed by atoms with Crippen LogP contribution in [0.15, 0.2) is 30.3 Å². The van der Waals surface area contributed by atoms with E-state index < -0.39 is 0 Å². The largest absolute Gasteiger partial charge is 0.398 e. The Morgan fingerprint density at radius 3 is 2.81 bits per heavy atom. The number of nitrogens with two attached hydrogens (primary N) is 1. The number of anilines is 1. The number of pyridine rings is 1. The number of nitrogens with zero attached hydrogens (tertiary/aromatic N) is 1. The molecule has 0 bridgehead atoms. The van der Waals surface area contributed by atoms with E-state index in [2.05, 4.69) is 24.1 Å². The van der Waals surface area contributed by atoms with Crippen molar-refractivity contribution in [1.82, 2.24) is 10.3 Å². The van der Waals surface area contributed by atoms with Crippen molar-refractivity contribution in [3.05, 3.63) is 36.0 Å². The number of hydrogen-bond acceptors (Lipinski definition) is 3. The fourth-order valence-electron chi connectivity index (χ4n) is 1.66. The molecule has 1 aromatic heterocycles. The maximum Gasteiger partial charge on any atom is 0.0726 e. The van der Waals surface area contributed by atoms with Crippen molar-refractivity contribution in [2.24, 2.45) is 0 Å². The van der Waals surface area contributed by atoms with Gasteiger partial charge in [-0.1, -0.05) is 32.0 Å². The van der Waals surface area contributed by atoms with Gasteiger partial charge in [0.05, 0.1) is 11.2 Å². The summed E-state index contributed by atoms with van der Waals surface area (Å²) in [5, 5.41) is 4.36. The highest BCUT2D eigenvalue weighted by atomic mass is 14.9. The molecule has 2 aromatic rings. The first-order chi connectivity index (χ1) is 7.66. The van der Waals surface area contributed by atoms with Gasteiger partial charge in [0.25, 0.3) is 0 Å². The molecule has 2 rings (SSSR count). The SMILES string of the molecule is CC(C)NCc1cc(N)c2ccccc2n1. The fourth-order valence-corrected chi connectivity index (χ4v) is 1.66. The van der Waals surface area contributed by atoms with E-state index in [1.807, 2.05) is 30.3 Å². The summed E-state index contributed by atoms with van der Waals surface area (Å²) in [6.45, 7) is 4.99. The van der Waals surface area contributed by atoms with Crippen LogP contribution in [0.2, 0.25) is 0 Å². The van der Waals surface area contributed by atoms with Gasteiger partial charge in [0.15, 0.2) is 0 Å². The van der Waals surface area contributed by atoms with Crippen molar-refractivity contribution >= 4 is 16.6 Å². The van der Waals surface area contributed by atoms with Crippen LogP contribution in [0.5, 0.6) is 0 Å². The summed E-state index contributed by atoms with van der Waals surface area (Å²) in [5.74, 6) is 0. The number of hydrogen-bond donors (Lipinski definition) is 2. The Labute approximate surface area is 95.7 Å². The van der Waals surface area contributed by atoms with Crippen LogP contribution < -0.4 is 11.1 Å². The number of fused-ring (bicyclic) bond motifs is 1. The van der Waals surface area contributed by atoms with Gasteiger partial charge in [0, 0.05) is 23.7 Å². The van der Waals surface area contributed by atoms with E-state index in [1.165, 1.54) is 0 Å². The third-order valence-corrected chi connectivity index (χ3v) is 2.49. The Balaban J connectivity index is 2.34. The molecule has 0 spiro atoms. The molecular formula is C13H17N3. The van der Waals surface area contributed by atoms with Gasteiger partial charge in [0.2, 0.25) is 0 Å². The van der Waals surface area contributed by atoms with Gasteiger partial charge >= 0.3 is 0 Å². The molecular weight excluding hydrogens is 198 g/mol. The molecule has 16 heavy (non-hydrogen) atoms. The molecule has 3 nitrogen and oxygen atoms in total. The molecule has 0 amide bonds. The van der Waals surface area contributed by atoms with E-state index in [9.17, 15) is 0 Å². The summed E-state index contributed by atoms with van der Waals surface area (Å²) in [6, 6.07) is 10.3. The summed E-state index contributed by atoms with van der Waals surface area (Å²) in [4.78, 5) is 4.57. The highest BCUT2D eigenvalue weighted by Crippen LogP contribution is 2.19. The predicted molar refractivity (Wildman–Crippen MR) is 68.1 cm³/mol. The van der Waals surface area contributed by atoms with Gasteiger partial charge in [-0.05, 0) is 12.1 Å². The molecule has 3 heteroatoms. The second-order valence-corrected chi connectivity index (χ2v) is 4.26. The highest BCUT2D eigenvalue weighted by molar-refractivity contribution is 5.90. The van der Waals surface area contributed by atoms with Crippen LogP contribution >= 0.6 is 0 Å². The maximum absolute atomic E-state index is 6.00.